The molecule has 2 heterocycles. The molecule has 6 nitrogen and oxygen atoms in total. The summed E-state index contributed by atoms with van der Waals surface area (Å²) in [7, 11) is 1.61. The van der Waals surface area contributed by atoms with Crippen molar-refractivity contribution < 1.29 is 9.47 Å². The summed E-state index contributed by atoms with van der Waals surface area (Å²) in [5.41, 5.74) is 10.7. The van der Waals surface area contributed by atoms with E-state index in [2.05, 4.69) is 6.07 Å². The zero-order chi connectivity index (χ0) is 22.1. The molecule has 0 amide bonds. The SMILES string of the molecule is COc1ccccc1[C@H]1C(C#N)=C(N)Oc2c1c(-c1ccccc1)nn2-c1ccccc1. The molecule has 1 atom stereocenters. The van der Waals surface area contributed by atoms with Gasteiger partial charge in [-0.25, -0.2) is 0 Å². The number of rotatable bonds is 4. The molecule has 1 aliphatic heterocycles. The Morgan fingerprint density at radius 1 is 0.969 bits per heavy atom. The molecule has 1 aromatic heterocycles. The van der Waals surface area contributed by atoms with Gasteiger partial charge in [-0.3, -0.25) is 0 Å². The van der Waals surface area contributed by atoms with Gasteiger partial charge in [0.1, 0.15) is 23.1 Å². The molecular formula is C26H20N4O2. The number of ether oxygens (including phenoxy) is 2. The van der Waals surface area contributed by atoms with Crippen LogP contribution in [-0.4, -0.2) is 16.9 Å². The maximum absolute atomic E-state index is 10.0. The van der Waals surface area contributed by atoms with E-state index >= 15 is 0 Å². The lowest BCUT2D eigenvalue weighted by Gasteiger charge is -2.26. The number of hydrogen-bond donors (Lipinski definition) is 1. The second-order valence-electron chi connectivity index (χ2n) is 7.35. The molecule has 0 radical (unpaired) electrons. The summed E-state index contributed by atoms with van der Waals surface area (Å²) < 4.78 is 13.4. The normalized spacial score (nSPS) is 14.9. The van der Waals surface area contributed by atoms with Crippen LogP contribution >= 0.6 is 0 Å². The number of nitrogens with zero attached hydrogens (tertiary/aromatic N) is 3. The highest BCUT2D eigenvalue weighted by atomic mass is 16.5. The first-order valence-corrected chi connectivity index (χ1v) is 10.2. The van der Waals surface area contributed by atoms with E-state index in [0.29, 0.717) is 17.2 Å². The van der Waals surface area contributed by atoms with Gasteiger partial charge in [-0.2, -0.15) is 15.0 Å². The molecule has 0 saturated heterocycles. The standard InChI is InChI=1S/C26H20N4O2/c1-31-21-15-9-8-14-19(21)22-20(16-27)25(28)32-26-23(22)24(17-10-4-2-5-11-17)29-30(26)18-12-6-3-7-13-18/h2-15,22H,28H2,1H3/t22-/m0/s1. The zero-order valence-corrected chi connectivity index (χ0v) is 17.4. The minimum absolute atomic E-state index is 0.0626. The number of aromatic nitrogens is 2. The molecule has 0 saturated carbocycles. The van der Waals surface area contributed by atoms with Crippen LogP contribution in [0.25, 0.3) is 16.9 Å². The molecule has 5 rings (SSSR count). The van der Waals surface area contributed by atoms with E-state index < -0.39 is 5.92 Å². The fourth-order valence-corrected chi connectivity index (χ4v) is 4.11. The summed E-state index contributed by atoms with van der Waals surface area (Å²) in [4.78, 5) is 0. The van der Waals surface area contributed by atoms with Crippen molar-refractivity contribution in [2.75, 3.05) is 7.11 Å². The fraction of sp³-hybridized carbons (Fsp3) is 0.0769. The maximum Gasteiger partial charge on any atom is 0.229 e. The number of allylic oxidation sites excluding steroid dienone is 1. The van der Waals surface area contributed by atoms with E-state index in [1.54, 1.807) is 11.8 Å². The van der Waals surface area contributed by atoms with Crippen LogP contribution in [0.4, 0.5) is 0 Å². The third kappa shape index (κ3) is 3.08. The van der Waals surface area contributed by atoms with Crippen LogP contribution in [0.1, 0.15) is 17.0 Å². The average Bonchev–Trinajstić information content (AvgIpc) is 3.23. The highest BCUT2D eigenvalue weighted by Gasteiger charge is 2.38. The lowest BCUT2D eigenvalue weighted by molar-refractivity contribution is 0.364. The average molecular weight is 420 g/mol. The maximum atomic E-state index is 10.0. The highest BCUT2D eigenvalue weighted by Crippen LogP contribution is 2.49. The van der Waals surface area contributed by atoms with Crippen molar-refractivity contribution in [3.63, 3.8) is 0 Å². The third-order valence-corrected chi connectivity index (χ3v) is 5.55. The van der Waals surface area contributed by atoms with Crippen LogP contribution in [0.3, 0.4) is 0 Å². The Kier molecular flexibility index (Phi) is 4.85. The third-order valence-electron chi connectivity index (χ3n) is 5.55. The highest BCUT2D eigenvalue weighted by molar-refractivity contribution is 5.72. The smallest absolute Gasteiger partial charge is 0.229 e. The fourth-order valence-electron chi connectivity index (χ4n) is 4.11. The van der Waals surface area contributed by atoms with Gasteiger partial charge >= 0.3 is 0 Å². The number of nitrogens with two attached hydrogens (primary N) is 1. The molecule has 0 fully saturated rings. The molecule has 1 aliphatic rings. The molecule has 32 heavy (non-hydrogen) atoms. The Labute approximate surface area is 185 Å². The summed E-state index contributed by atoms with van der Waals surface area (Å²) in [6.07, 6.45) is 0. The van der Waals surface area contributed by atoms with Crippen molar-refractivity contribution in [3.8, 4) is 34.6 Å². The number of nitriles is 1. The van der Waals surface area contributed by atoms with Crippen molar-refractivity contribution in [1.82, 2.24) is 9.78 Å². The first kappa shape index (κ1) is 19.5. The molecule has 4 aromatic rings. The summed E-state index contributed by atoms with van der Waals surface area (Å²) in [6.45, 7) is 0. The van der Waals surface area contributed by atoms with Gasteiger partial charge in [0.2, 0.25) is 11.8 Å². The van der Waals surface area contributed by atoms with Crippen molar-refractivity contribution in [2.45, 2.75) is 5.92 Å². The van der Waals surface area contributed by atoms with Gasteiger partial charge in [-0.05, 0) is 18.2 Å². The molecule has 156 valence electrons. The van der Waals surface area contributed by atoms with Gasteiger partial charge in [0.25, 0.3) is 0 Å². The number of para-hydroxylation sites is 2. The summed E-state index contributed by atoms with van der Waals surface area (Å²) >= 11 is 0. The van der Waals surface area contributed by atoms with E-state index in [4.69, 9.17) is 20.3 Å². The first-order chi connectivity index (χ1) is 15.7. The second kappa shape index (κ2) is 7.97. The molecule has 0 spiro atoms. The molecule has 0 unspecified atom stereocenters. The van der Waals surface area contributed by atoms with Gasteiger partial charge in [0, 0.05) is 11.1 Å². The van der Waals surface area contributed by atoms with Gasteiger partial charge < -0.3 is 15.2 Å². The van der Waals surface area contributed by atoms with Crippen LogP contribution in [-0.2, 0) is 0 Å². The van der Waals surface area contributed by atoms with Gasteiger partial charge in [0.05, 0.1) is 24.3 Å². The predicted octanol–water partition coefficient (Wildman–Crippen LogP) is 4.77. The van der Waals surface area contributed by atoms with Crippen molar-refractivity contribution >= 4 is 0 Å². The summed E-state index contributed by atoms with van der Waals surface area (Å²) in [5, 5.41) is 15.0. The number of methoxy groups -OCH3 is 1. The molecule has 3 aromatic carbocycles. The van der Waals surface area contributed by atoms with E-state index in [1.165, 1.54) is 0 Å². The van der Waals surface area contributed by atoms with Crippen molar-refractivity contribution in [2.24, 2.45) is 5.73 Å². The first-order valence-electron chi connectivity index (χ1n) is 10.2. The molecular weight excluding hydrogens is 400 g/mol. The van der Waals surface area contributed by atoms with Crippen LogP contribution in [0.2, 0.25) is 0 Å². The van der Waals surface area contributed by atoms with Crippen LogP contribution in [0, 0.1) is 11.3 Å². The lowest BCUT2D eigenvalue weighted by Crippen LogP contribution is -2.22. The Balaban J connectivity index is 1.86. The lowest BCUT2D eigenvalue weighted by atomic mass is 9.82. The van der Waals surface area contributed by atoms with Crippen molar-refractivity contribution in [1.29, 1.82) is 5.26 Å². The molecule has 0 aliphatic carbocycles. The zero-order valence-electron chi connectivity index (χ0n) is 17.4. The molecule has 2 N–H and O–H groups in total. The number of hydrogen-bond acceptors (Lipinski definition) is 5. The number of fused-ring (bicyclic) bond motifs is 1. The Hall–Kier alpha value is -4.50. The largest absolute Gasteiger partial charge is 0.496 e. The Morgan fingerprint density at radius 2 is 1.62 bits per heavy atom. The number of benzene rings is 3. The van der Waals surface area contributed by atoms with Gasteiger partial charge in [-0.15, -0.1) is 0 Å². The van der Waals surface area contributed by atoms with E-state index in [9.17, 15) is 5.26 Å². The quantitative estimate of drug-likeness (QED) is 0.514. The summed E-state index contributed by atoms with van der Waals surface area (Å²) in [5.74, 6) is 0.722. The summed E-state index contributed by atoms with van der Waals surface area (Å²) in [6, 6.07) is 29.5. The van der Waals surface area contributed by atoms with Crippen LogP contribution in [0.5, 0.6) is 11.6 Å². The van der Waals surface area contributed by atoms with E-state index in [1.807, 2.05) is 84.9 Å². The van der Waals surface area contributed by atoms with Crippen molar-refractivity contribution in [3.05, 3.63) is 108 Å². The molecule has 0 bridgehead atoms. The van der Waals surface area contributed by atoms with E-state index in [0.717, 1.165) is 28.1 Å². The monoisotopic (exact) mass is 420 g/mol. The molecule has 6 heteroatoms. The predicted molar refractivity (Wildman–Crippen MR) is 121 cm³/mol. The Bertz CT molecular complexity index is 1350. The Morgan fingerprint density at radius 3 is 2.31 bits per heavy atom. The van der Waals surface area contributed by atoms with Crippen LogP contribution in [0.15, 0.2) is 96.4 Å². The van der Waals surface area contributed by atoms with Crippen LogP contribution < -0.4 is 15.2 Å². The van der Waals surface area contributed by atoms with Gasteiger partial charge in [-0.1, -0.05) is 66.7 Å². The second-order valence-corrected chi connectivity index (χ2v) is 7.35. The van der Waals surface area contributed by atoms with E-state index in [-0.39, 0.29) is 5.88 Å². The minimum Gasteiger partial charge on any atom is -0.496 e. The topological polar surface area (TPSA) is 86.1 Å². The minimum atomic E-state index is -0.493. The van der Waals surface area contributed by atoms with Gasteiger partial charge in [0.15, 0.2) is 0 Å².